The van der Waals surface area contributed by atoms with Crippen molar-refractivity contribution in [2.75, 3.05) is 6.26 Å². The third-order valence-corrected chi connectivity index (χ3v) is 5.38. The van der Waals surface area contributed by atoms with Crippen molar-refractivity contribution in [3.8, 4) is 0 Å². The Morgan fingerprint density at radius 1 is 1.36 bits per heavy atom. The van der Waals surface area contributed by atoms with E-state index < -0.39 is 11.7 Å². The first-order chi connectivity index (χ1) is 13.2. The number of alkyl halides is 3. The molecule has 150 valence electrons. The Balaban J connectivity index is 1.59. The van der Waals surface area contributed by atoms with Crippen LogP contribution in [0.15, 0.2) is 34.2 Å². The summed E-state index contributed by atoms with van der Waals surface area (Å²) in [6.07, 6.45) is -1.84. The molecule has 3 rings (SSSR count). The highest BCUT2D eigenvalue weighted by atomic mass is 32.2. The molecule has 1 fully saturated rings. The summed E-state index contributed by atoms with van der Waals surface area (Å²) >= 11 is 1.32. The van der Waals surface area contributed by atoms with Crippen molar-refractivity contribution in [1.82, 2.24) is 15.3 Å². The van der Waals surface area contributed by atoms with Gasteiger partial charge in [0.1, 0.15) is 0 Å². The predicted molar refractivity (Wildman–Crippen MR) is 100 cm³/mol. The van der Waals surface area contributed by atoms with Gasteiger partial charge in [-0.1, -0.05) is 30.0 Å². The van der Waals surface area contributed by atoms with Crippen LogP contribution in [0.4, 0.5) is 13.2 Å². The third-order valence-electron chi connectivity index (χ3n) is 4.80. The first kappa shape index (κ1) is 20.4. The maximum Gasteiger partial charge on any atom is 0.416 e. The Labute approximate surface area is 164 Å². The van der Waals surface area contributed by atoms with Crippen LogP contribution in [0.25, 0.3) is 0 Å². The molecule has 1 amide bonds. The molecule has 5 nitrogen and oxygen atoms in total. The standard InChI is InChI=1S/C19H20F3N3O2S/c1-10-11(17(27)25-18(23-10)28-2)7-8-16(26)24-15-9-13(15)12-5-3-4-6-14(12)19(20,21)22/h3-6,13,15H,7-9H2,1-2H3,(H,24,26)(H,23,25,27). The number of H-pyrrole nitrogens is 1. The molecule has 0 bridgehead atoms. The van der Waals surface area contributed by atoms with Crippen LogP contribution in [0.2, 0.25) is 0 Å². The molecule has 1 aliphatic rings. The number of hydrogen-bond donors (Lipinski definition) is 2. The van der Waals surface area contributed by atoms with Crippen LogP contribution in [-0.2, 0) is 17.4 Å². The third kappa shape index (κ3) is 4.57. The highest BCUT2D eigenvalue weighted by Gasteiger charge is 2.44. The zero-order valence-corrected chi connectivity index (χ0v) is 16.2. The van der Waals surface area contributed by atoms with Gasteiger partial charge < -0.3 is 10.3 Å². The van der Waals surface area contributed by atoms with Crippen LogP contribution in [0, 0.1) is 6.92 Å². The molecular weight excluding hydrogens is 391 g/mol. The minimum atomic E-state index is -4.41. The van der Waals surface area contributed by atoms with E-state index in [1.807, 2.05) is 0 Å². The van der Waals surface area contributed by atoms with Gasteiger partial charge in [0.15, 0.2) is 5.16 Å². The van der Waals surface area contributed by atoms with Gasteiger partial charge in [0, 0.05) is 29.6 Å². The van der Waals surface area contributed by atoms with Crippen molar-refractivity contribution in [3.63, 3.8) is 0 Å². The molecule has 1 saturated carbocycles. The van der Waals surface area contributed by atoms with Crippen molar-refractivity contribution in [2.24, 2.45) is 0 Å². The molecule has 1 aromatic heterocycles. The quantitative estimate of drug-likeness (QED) is 0.564. The summed E-state index contributed by atoms with van der Waals surface area (Å²) in [5.41, 5.74) is 0.309. The van der Waals surface area contributed by atoms with E-state index in [9.17, 15) is 22.8 Å². The maximum atomic E-state index is 13.1. The van der Waals surface area contributed by atoms with Crippen molar-refractivity contribution in [2.45, 2.75) is 49.5 Å². The van der Waals surface area contributed by atoms with Crippen LogP contribution in [0.1, 0.15) is 41.1 Å². The number of carbonyl (C=O) groups excluding carboxylic acids is 1. The number of aromatic amines is 1. The first-order valence-electron chi connectivity index (χ1n) is 8.80. The molecule has 2 aromatic rings. The lowest BCUT2D eigenvalue weighted by Crippen LogP contribution is -2.28. The zero-order valence-electron chi connectivity index (χ0n) is 15.4. The fourth-order valence-electron chi connectivity index (χ4n) is 3.27. The van der Waals surface area contributed by atoms with E-state index in [0.717, 1.165) is 6.07 Å². The summed E-state index contributed by atoms with van der Waals surface area (Å²) in [6, 6.07) is 5.14. The van der Waals surface area contributed by atoms with E-state index >= 15 is 0 Å². The summed E-state index contributed by atoms with van der Waals surface area (Å²) < 4.78 is 39.4. The second-order valence-corrected chi connectivity index (χ2v) is 7.54. The number of hydrogen-bond acceptors (Lipinski definition) is 4. The maximum absolute atomic E-state index is 13.1. The SMILES string of the molecule is CSc1nc(C)c(CCC(=O)NC2CC2c2ccccc2C(F)(F)F)c(=O)[nH]1. The molecule has 0 aliphatic heterocycles. The Hall–Kier alpha value is -2.29. The fourth-order valence-corrected chi connectivity index (χ4v) is 3.69. The van der Waals surface area contributed by atoms with E-state index in [1.54, 1.807) is 19.2 Å². The lowest BCUT2D eigenvalue weighted by Gasteiger charge is -2.12. The number of carbonyl (C=O) groups is 1. The monoisotopic (exact) mass is 411 g/mol. The number of aryl methyl sites for hydroxylation is 1. The lowest BCUT2D eigenvalue weighted by atomic mass is 10.0. The van der Waals surface area contributed by atoms with Gasteiger partial charge in [0.05, 0.1) is 5.56 Å². The highest BCUT2D eigenvalue weighted by Crippen LogP contribution is 2.46. The van der Waals surface area contributed by atoms with E-state index in [2.05, 4.69) is 15.3 Å². The molecule has 0 spiro atoms. The highest BCUT2D eigenvalue weighted by molar-refractivity contribution is 7.98. The Morgan fingerprint density at radius 3 is 2.71 bits per heavy atom. The van der Waals surface area contributed by atoms with Gasteiger partial charge in [-0.25, -0.2) is 4.98 Å². The van der Waals surface area contributed by atoms with E-state index in [-0.39, 0.29) is 41.8 Å². The molecule has 28 heavy (non-hydrogen) atoms. The zero-order chi connectivity index (χ0) is 20.5. The van der Waals surface area contributed by atoms with Gasteiger partial charge in [-0.05, 0) is 37.7 Å². The molecule has 1 aromatic carbocycles. The van der Waals surface area contributed by atoms with Gasteiger partial charge in [0.25, 0.3) is 5.56 Å². The van der Waals surface area contributed by atoms with Gasteiger partial charge in [-0.3, -0.25) is 9.59 Å². The Morgan fingerprint density at radius 2 is 2.07 bits per heavy atom. The fraction of sp³-hybridized carbons (Fsp3) is 0.421. The average molecular weight is 411 g/mol. The smallest absolute Gasteiger partial charge is 0.353 e. The number of aromatic nitrogens is 2. The molecular formula is C19H20F3N3O2S. The number of nitrogens with zero attached hydrogens (tertiary/aromatic N) is 1. The molecule has 2 atom stereocenters. The molecule has 2 N–H and O–H groups in total. The van der Waals surface area contributed by atoms with Crippen molar-refractivity contribution < 1.29 is 18.0 Å². The van der Waals surface area contributed by atoms with E-state index in [1.165, 1.54) is 23.9 Å². The molecule has 9 heteroatoms. The van der Waals surface area contributed by atoms with E-state index in [4.69, 9.17) is 0 Å². The summed E-state index contributed by atoms with van der Waals surface area (Å²) in [5, 5.41) is 3.28. The van der Waals surface area contributed by atoms with Gasteiger partial charge in [-0.2, -0.15) is 13.2 Å². The molecule has 0 radical (unpaired) electrons. The predicted octanol–water partition coefficient (Wildman–Crippen LogP) is 3.42. The normalized spacial score (nSPS) is 18.8. The van der Waals surface area contributed by atoms with Gasteiger partial charge >= 0.3 is 6.18 Å². The van der Waals surface area contributed by atoms with Crippen LogP contribution < -0.4 is 10.9 Å². The Bertz CT molecular complexity index is 943. The molecule has 1 aliphatic carbocycles. The number of halogens is 3. The second kappa shape index (κ2) is 7.98. The minimum absolute atomic E-state index is 0.0777. The first-order valence-corrected chi connectivity index (χ1v) is 10.0. The summed E-state index contributed by atoms with van der Waals surface area (Å²) in [5.74, 6) is -0.626. The number of rotatable bonds is 6. The second-order valence-electron chi connectivity index (χ2n) is 6.74. The van der Waals surface area contributed by atoms with Crippen molar-refractivity contribution in [1.29, 1.82) is 0 Å². The number of benzene rings is 1. The number of amides is 1. The van der Waals surface area contributed by atoms with Crippen molar-refractivity contribution in [3.05, 3.63) is 57.0 Å². The van der Waals surface area contributed by atoms with Crippen LogP contribution in [0.5, 0.6) is 0 Å². The number of thioether (sulfide) groups is 1. The Kier molecular flexibility index (Phi) is 5.83. The van der Waals surface area contributed by atoms with Crippen LogP contribution in [-0.4, -0.2) is 28.2 Å². The molecule has 2 unspecified atom stereocenters. The summed E-state index contributed by atoms with van der Waals surface area (Å²) in [7, 11) is 0. The van der Waals surface area contributed by atoms with Gasteiger partial charge in [-0.15, -0.1) is 0 Å². The van der Waals surface area contributed by atoms with Crippen molar-refractivity contribution >= 4 is 17.7 Å². The topological polar surface area (TPSA) is 74.8 Å². The van der Waals surface area contributed by atoms with E-state index in [0.29, 0.717) is 22.8 Å². The van der Waals surface area contributed by atoms with Crippen LogP contribution >= 0.6 is 11.8 Å². The minimum Gasteiger partial charge on any atom is -0.353 e. The van der Waals surface area contributed by atoms with Gasteiger partial charge in [0.2, 0.25) is 5.91 Å². The van der Waals surface area contributed by atoms with Crippen LogP contribution in [0.3, 0.4) is 0 Å². The lowest BCUT2D eigenvalue weighted by molar-refractivity contribution is -0.138. The molecule has 1 heterocycles. The molecule has 0 saturated heterocycles. The summed E-state index contributed by atoms with van der Waals surface area (Å²) in [4.78, 5) is 31.2. The largest absolute Gasteiger partial charge is 0.416 e. The number of nitrogens with one attached hydrogen (secondary N) is 2. The average Bonchev–Trinajstić information content (AvgIpc) is 3.39. The summed E-state index contributed by atoms with van der Waals surface area (Å²) in [6.45, 7) is 1.72.